The molecule has 4 heteroatoms. The summed E-state index contributed by atoms with van der Waals surface area (Å²) in [6.45, 7) is 0. The van der Waals surface area contributed by atoms with Crippen LogP contribution in [0.1, 0.15) is 5.69 Å². The van der Waals surface area contributed by atoms with Crippen LogP contribution >= 0.6 is 0 Å². The molecule has 0 N–H and O–H groups in total. The van der Waals surface area contributed by atoms with Crippen molar-refractivity contribution in [2.45, 2.75) is 0 Å². The summed E-state index contributed by atoms with van der Waals surface area (Å²) in [5, 5.41) is 0. The van der Waals surface area contributed by atoms with E-state index < -0.39 is 0 Å². The molecule has 1 heterocycles. The first kappa shape index (κ1) is 8.34. The fraction of sp³-hybridized carbons (Fsp3) is 0.250. The van der Waals surface area contributed by atoms with Crippen molar-refractivity contribution in [3.8, 4) is 24.1 Å². The molecule has 0 radical (unpaired) electrons. The minimum atomic E-state index is 0.299. The Labute approximate surface area is 70.6 Å². The molecule has 1 aromatic heterocycles. The third kappa shape index (κ3) is 1.45. The monoisotopic (exact) mass is 164 g/mol. The van der Waals surface area contributed by atoms with Gasteiger partial charge in [-0.3, -0.25) is 0 Å². The molecule has 1 aromatic rings. The number of ether oxygens (including phenoxy) is 2. The first-order valence-corrected chi connectivity index (χ1v) is 3.23. The largest absolute Gasteiger partial charge is 0.477 e. The molecule has 4 nitrogen and oxygen atoms in total. The third-order valence-corrected chi connectivity index (χ3v) is 1.24. The van der Waals surface area contributed by atoms with Crippen molar-refractivity contribution in [2.75, 3.05) is 14.2 Å². The molecule has 0 aliphatic rings. The van der Waals surface area contributed by atoms with Crippen LogP contribution in [-0.4, -0.2) is 24.2 Å². The number of rotatable bonds is 2. The molecule has 0 saturated heterocycles. The van der Waals surface area contributed by atoms with Gasteiger partial charge in [-0.15, -0.1) is 6.42 Å². The van der Waals surface area contributed by atoms with Crippen LogP contribution in [0.5, 0.6) is 11.8 Å². The van der Waals surface area contributed by atoms with E-state index in [1.165, 1.54) is 20.4 Å². The lowest BCUT2D eigenvalue weighted by Crippen LogP contribution is -1.97. The van der Waals surface area contributed by atoms with Crippen molar-refractivity contribution in [2.24, 2.45) is 0 Å². The van der Waals surface area contributed by atoms with Crippen molar-refractivity contribution in [1.82, 2.24) is 9.97 Å². The zero-order valence-electron chi connectivity index (χ0n) is 6.87. The van der Waals surface area contributed by atoms with Gasteiger partial charge < -0.3 is 9.47 Å². The van der Waals surface area contributed by atoms with E-state index in [1.54, 1.807) is 0 Å². The Morgan fingerprint density at radius 3 is 2.50 bits per heavy atom. The Morgan fingerprint density at radius 2 is 2.00 bits per heavy atom. The van der Waals surface area contributed by atoms with Gasteiger partial charge in [-0.05, 0) is 5.92 Å². The molecule has 0 aromatic carbocycles. The minimum absolute atomic E-state index is 0.299. The minimum Gasteiger partial charge on any atom is -0.477 e. The number of terminal acetylenes is 1. The fourth-order valence-corrected chi connectivity index (χ4v) is 0.704. The Bertz CT molecular complexity index is 317. The van der Waals surface area contributed by atoms with E-state index in [0.717, 1.165) is 0 Å². The number of hydrogen-bond donors (Lipinski definition) is 0. The van der Waals surface area contributed by atoms with Gasteiger partial charge in [0, 0.05) is 0 Å². The van der Waals surface area contributed by atoms with Crippen LogP contribution < -0.4 is 9.47 Å². The summed E-state index contributed by atoms with van der Waals surface area (Å²) in [7, 11) is 2.97. The highest BCUT2D eigenvalue weighted by Gasteiger charge is 2.05. The average molecular weight is 164 g/mol. The highest BCUT2D eigenvalue weighted by atomic mass is 16.5. The molecule has 0 amide bonds. The lowest BCUT2D eigenvalue weighted by molar-refractivity contribution is 0.331. The zero-order chi connectivity index (χ0) is 8.97. The van der Waals surface area contributed by atoms with E-state index in [2.05, 4.69) is 15.9 Å². The lowest BCUT2D eigenvalue weighted by atomic mass is 10.5. The molecule has 1 rings (SSSR count). The van der Waals surface area contributed by atoms with E-state index in [-0.39, 0.29) is 0 Å². The molecule has 62 valence electrons. The van der Waals surface area contributed by atoms with Crippen LogP contribution in [0.2, 0.25) is 0 Å². The van der Waals surface area contributed by atoms with Crippen molar-refractivity contribution in [3.63, 3.8) is 0 Å². The maximum atomic E-state index is 5.12. The highest BCUT2D eigenvalue weighted by Crippen LogP contribution is 2.19. The van der Waals surface area contributed by atoms with Gasteiger partial charge >= 0.3 is 0 Å². The van der Waals surface area contributed by atoms with Gasteiger partial charge in [0.25, 0.3) is 11.8 Å². The number of methoxy groups -OCH3 is 2. The Balaban J connectivity index is 3.13. The summed E-state index contributed by atoms with van der Waals surface area (Å²) >= 11 is 0. The van der Waals surface area contributed by atoms with Gasteiger partial charge in [0.2, 0.25) is 0 Å². The van der Waals surface area contributed by atoms with Crippen LogP contribution in [-0.2, 0) is 0 Å². The topological polar surface area (TPSA) is 44.2 Å². The van der Waals surface area contributed by atoms with Crippen LogP contribution in [0.3, 0.4) is 0 Å². The first-order valence-electron chi connectivity index (χ1n) is 3.23. The van der Waals surface area contributed by atoms with Crippen LogP contribution in [0.25, 0.3) is 0 Å². The quantitative estimate of drug-likeness (QED) is 0.596. The average Bonchev–Trinajstić information content (AvgIpc) is 2.16. The molecular formula is C8H8N2O2. The van der Waals surface area contributed by atoms with E-state index >= 15 is 0 Å². The maximum Gasteiger partial charge on any atom is 0.279 e. The Morgan fingerprint density at radius 1 is 1.33 bits per heavy atom. The zero-order valence-corrected chi connectivity index (χ0v) is 6.87. The van der Waals surface area contributed by atoms with Crippen LogP contribution in [0.4, 0.5) is 0 Å². The third-order valence-electron chi connectivity index (χ3n) is 1.24. The van der Waals surface area contributed by atoms with Gasteiger partial charge in [0.15, 0.2) is 0 Å². The van der Waals surface area contributed by atoms with E-state index in [4.69, 9.17) is 15.9 Å². The van der Waals surface area contributed by atoms with Crippen LogP contribution in [0.15, 0.2) is 6.20 Å². The molecule has 12 heavy (non-hydrogen) atoms. The smallest absolute Gasteiger partial charge is 0.279 e. The standard InChI is InChI=1S/C8H8N2O2/c1-4-6-5-9-7(11-2)8(10-6)12-3/h1,5H,2-3H3. The van der Waals surface area contributed by atoms with Crippen molar-refractivity contribution < 1.29 is 9.47 Å². The Kier molecular flexibility index (Phi) is 2.49. The molecule has 0 aliphatic heterocycles. The summed E-state index contributed by atoms with van der Waals surface area (Å²) in [4.78, 5) is 7.82. The van der Waals surface area contributed by atoms with Gasteiger partial charge in [0.05, 0.1) is 20.4 Å². The predicted octanol–water partition coefficient (Wildman–Crippen LogP) is 0.475. The summed E-state index contributed by atoms with van der Waals surface area (Å²) in [5.41, 5.74) is 0.424. The molecule has 0 fully saturated rings. The van der Waals surface area contributed by atoms with Crippen molar-refractivity contribution >= 4 is 0 Å². The van der Waals surface area contributed by atoms with E-state index in [1.807, 2.05) is 0 Å². The molecular weight excluding hydrogens is 156 g/mol. The van der Waals surface area contributed by atoms with Gasteiger partial charge in [-0.1, -0.05) is 0 Å². The lowest BCUT2D eigenvalue weighted by Gasteiger charge is -2.03. The fourth-order valence-electron chi connectivity index (χ4n) is 0.704. The molecule has 0 unspecified atom stereocenters. The maximum absolute atomic E-state index is 5.12. The van der Waals surface area contributed by atoms with Gasteiger partial charge in [-0.25, -0.2) is 4.98 Å². The van der Waals surface area contributed by atoms with Crippen molar-refractivity contribution in [3.05, 3.63) is 11.9 Å². The molecule has 0 bridgehead atoms. The SMILES string of the molecule is C#Cc1cnc(OC)c(OC)n1. The molecule has 0 spiro atoms. The normalized spacial score (nSPS) is 8.75. The second-order valence-electron chi connectivity index (χ2n) is 1.92. The molecule has 0 aliphatic carbocycles. The summed E-state index contributed by atoms with van der Waals surface area (Å²) in [6, 6.07) is 0. The van der Waals surface area contributed by atoms with Gasteiger partial charge in [0.1, 0.15) is 5.69 Å². The van der Waals surface area contributed by atoms with E-state index in [0.29, 0.717) is 17.5 Å². The van der Waals surface area contributed by atoms with Gasteiger partial charge in [-0.2, -0.15) is 4.98 Å². The summed E-state index contributed by atoms with van der Waals surface area (Å²) < 4.78 is 9.75. The first-order chi connectivity index (χ1) is 5.81. The molecule has 0 atom stereocenters. The predicted molar refractivity (Wildman–Crippen MR) is 43.1 cm³/mol. The number of aromatic nitrogens is 2. The summed E-state index contributed by atoms with van der Waals surface area (Å²) in [6.07, 6.45) is 6.56. The van der Waals surface area contributed by atoms with Crippen molar-refractivity contribution in [1.29, 1.82) is 0 Å². The Hall–Kier alpha value is -1.76. The molecule has 0 saturated carbocycles. The number of hydrogen-bond acceptors (Lipinski definition) is 4. The summed E-state index contributed by atoms with van der Waals surface area (Å²) in [5.74, 6) is 2.97. The van der Waals surface area contributed by atoms with Crippen LogP contribution in [0, 0.1) is 12.3 Å². The second-order valence-corrected chi connectivity index (χ2v) is 1.92. The number of nitrogens with zero attached hydrogens (tertiary/aromatic N) is 2. The second kappa shape index (κ2) is 3.58. The van der Waals surface area contributed by atoms with E-state index in [9.17, 15) is 0 Å². The highest BCUT2D eigenvalue weighted by molar-refractivity contribution is 5.31.